The predicted octanol–water partition coefficient (Wildman–Crippen LogP) is 0.382. The van der Waals surface area contributed by atoms with Crippen molar-refractivity contribution in [3.05, 3.63) is 0 Å². The summed E-state index contributed by atoms with van der Waals surface area (Å²) >= 11 is 0. The summed E-state index contributed by atoms with van der Waals surface area (Å²) in [5, 5.41) is 12.1. The maximum Gasteiger partial charge on any atom is 0.0745 e. The first kappa shape index (κ1) is 9.96. The highest BCUT2D eigenvalue weighted by molar-refractivity contribution is 4.81. The summed E-state index contributed by atoms with van der Waals surface area (Å²) in [5.41, 5.74) is 0. The van der Waals surface area contributed by atoms with E-state index in [1.54, 1.807) is 6.92 Å². The van der Waals surface area contributed by atoms with E-state index in [4.69, 9.17) is 9.84 Å². The van der Waals surface area contributed by atoms with Crippen LogP contribution in [0.3, 0.4) is 0 Å². The van der Waals surface area contributed by atoms with E-state index in [2.05, 4.69) is 5.32 Å². The van der Waals surface area contributed by atoms with Gasteiger partial charge in [-0.3, -0.25) is 0 Å². The minimum absolute atomic E-state index is 0.326. The van der Waals surface area contributed by atoms with Gasteiger partial charge in [0.25, 0.3) is 0 Å². The zero-order valence-corrected chi connectivity index (χ0v) is 7.92. The molecule has 0 aromatic heterocycles. The topological polar surface area (TPSA) is 41.5 Å². The van der Waals surface area contributed by atoms with Crippen molar-refractivity contribution in [3.63, 3.8) is 0 Å². The summed E-state index contributed by atoms with van der Waals surface area (Å²) in [6, 6.07) is 0. The fourth-order valence-corrected chi connectivity index (χ4v) is 1.54. The van der Waals surface area contributed by atoms with Gasteiger partial charge in [0.1, 0.15) is 0 Å². The third kappa shape index (κ3) is 3.09. The van der Waals surface area contributed by atoms with Gasteiger partial charge in [0.15, 0.2) is 0 Å². The van der Waals surface area contributed by atoms with E-state index in [9.17, 15) is 0 Å². The number of hydrogen-bond donors (Lipinski definition) is 2. The van der Waals surface area contributed by atoms with Crippen molar-refractivity contribution in [1.29, 1.82) is 0 Å². The highest BCUT2D eigenvalue weighted by atomic mass is 16.5. The lowest BCUT2D eigenvalue weighted by atomic mass is 9.82. The van der Waals surface area contributed by atoms with Crippen LogP contribution in [0.2, 0.25) is 0 Å². The van der Waals surface area contributed by atoms with E-state index in [-0.39, 0.29) is 6.10 Å². The van der Waals surface area contributed by atoms with Crippen molar-refractivity contribution in [3.8, 4) is 0 Å². The summed E-state index contributed by atoms with van der Waals surface area (Å²) in [7, 11) is 1.98. The lowest BCUT2D eigenvalue weighted by Crippen LogP contribution is -2.38. The summed E-state index contributed by atoms with van der Waals surface area (Å²) in [5.74, 6) is 0.786. The molecule has 0 radical (unpaired) electrons. The minimum Gasteiger partial charge on any atom is -0.391 e. The maximum atomic E-state index is 8.95. The highest BCUT2D eigenvalue weighted by Crippen LogP contribution is 2.29. The van der Waals surface area contributed by atoms with Crippen LogP contribution in [0.1, 0.15) is 19.8 Å². The van der Waals surface area contributed by atoms with Crippen LogP contribution in [-0.2, 0) is 4.74 Å². The first-order valence-electron chi connectivity index (χ1n) is 4.66. The molecule has 0 aliphatic heterocycles. The minimum atomic E-state index is -0.326. The molecule has 0 aromatic carbocycles. The Morgan fingerprint density at radius 3 is 2.75 bits per heavy atom. The zero-order valence-electron chi connectivity index (χ0n) is 7.92. The first-order chi connectivity index (χ1) is 5.72. The Labute approximate surface area is 74.1 Å². The molecule has 1 rings (SSSR count). The van der Waals surface area contributed by atoms with Crippen LogP contribution in [0.25, 0.3) is 0 Å². The van der Waals surface area contributed by atoms with Gasteiger partial charge >= 0.3 is 0 Å². The molecule has 1 atom stereocenters. The van der Waals surface area contributed by atoms with Crippen LogP contribution in [0.5, 0.6) is 0 Å². The highest BCUT2D eigenvalue weighted by Gasteiger charge is 2.29. The van der Waals surface area contributed by atoms with E-state index in [0.29, 0.717) is 12.7 Å². The van der Waals surface area contributed by atoms with Crippen LogP contribution < -0.4 is 5.32 Å². The molecule has 1 fully saturated rings. The van der Waals surface area contributed by atoms with Gasteiger partial charge < -0.3 is 15.2 Å². The lowest BCUT2D eigenvalue weighted by molar-refractivity contribution is -0.0595. The number of nitrogens with one attached hydrogen (secondary N) is 1. The molecule has 3 heteroatoms. The molecule has 0 heterocycles. The van der Waals surface area contributed by atoms with Gasteiger partial charge in [0, 0.05) is 0 Å². The van der Waals surface area contributed by atoms with Gasteiger partial charge in [-0.05, 0) is 39.3 Å². The molecule has 1 aliphatic rings. The smallest absolute Gasteiger partial charge is 0.0745 e. The van der Waals surface area contributed by atoms with Crippen molar-refractivity contribution in [2.45, 2.75) is 32.0 Å². The number of aliphatic hydroxyl groups excluding tert-OH is 1. The van der Waals surface area contributed by atoms with Gasteiger partial charge in [-0.15, -0.1) is 0 Å². The molecule has 3 nitrogen and oxygen atoms in total. The van der Waals surface area contributed by atoms with Gasteiger partial charge in [-0.2, -0.15) is 0 Å². The first-order valence-corrected chi connectivity index (χ1v) is 4.66. The van der Waals surface area contributed by atoms with Crippen LogP contribution in [0, 0.1) is 5.92 Å². The molecular weight excluding hydrogens is 154 g/mol. The van der Waals surface area contributed by atoms with E-state index in [1.807, 2.05) is 7.05 Å². The Kier molecular flexibility index (Phi) is 3.98. The summed E-state index contributed by atoms with van der Waals surface area (Å²) in [4.78, 5) is 0. The molecule has 2 N–H and O–H groups in total. The fraction of sp³-hybridized carbons (Fsp3) is 1.00. The average Bonchev–Trinajstić information content (AvgIpc) is 1.93. The molecular formula is C9H19NO2. The number of rotatable bonds is 5. The molecule has 0 bridgehead atoms. The van der Waals surface area contributed by atoms with Crippen molar-refractivity contribution < 1.29 is 9.84 Å². The molecule has 1 unspecified atom stereocenters. The maximum absolute atomic E-state index is 8.95. The van der Waals surface area contributed by atoms with E-state index >= 15 is 0 Å². The Hall–Kier alpha value is -0.120. The normalized spacial score (nSPS) is 31.2. The van der Waals surface area contributed by atoms with Crippen LogP contribution in [-0.4, -0.2) is 37.5 Å². The standard InChI is InChI=1S/C9H19NO2/c1-7(11)6-12-9-3-8(4-9)5-10-2/h7-11H,3-6H2,1-2H3. The Morgan fingerprint density at radius 2 is 2.25 bits per heavy atom. The Balaban J connectivity index is 1.95. The van der Waals surface area contributed by atoms with Crippen molar-refractivity contribution in [1.82, 2.24) is 5.32 Å². The van der Waals surface area contributed by atoms with Crippen molar-refractivity contribution in [2.24, 2.45) is 5.92 Å². The number of ether oxygens (including phenoxy) is 1. The molecule has 0 aromatic rings. The SMILES string of the molecule is CNCC1CC(OCC(C)O)C1. The van der Waals surface area contributed by atoms with Gasteiger partial charge in [0.2, 0.25) is 0 Å². The molecule has 72 valence electrons. The molecule has 0 saturated heterocycles. The zero-order chi connectivity index (χ0) is 8.97. The van der Waals surface area contributed by atoms with Crippen molar-refractivity contribution >= 4 is 0 Å². The van der Waals surface area contributed by atoms with Crippen LogP contribution in [0.4, 0.5) is 0 Å². The predicted molar refractivity (Wildman–Crippen MR) is 48.1 cm³/mol. The van der Waals surface area contributed by atoms with Gasteiger partial charge in [-0.1, -0.05) is 0 Å². The van der Waals surface area contributed by atoms with Crippen LogP contribution in [0.15, 0.2) is 0 Å². The largest absolute Gasteiger partial charge is 0.391 e. The number of aliphatic hydroxyl groups is 1. The molecule has 1 aliphatic carbocycles. The van der Waals surface area contributed by atoms with E-state index < -0.39 is 0 Å². The van der Waals surface area contributed by atoms with Gasteiger partial charge in [-0.25, -0.2) is 0 Å². The quantitative estimate of drug-likeness (QED) is 0.631. The molecule has 0 amide bonds. The fourth-order valence-electron chi connectivity index (χ4n) is 1.54. The van der Waals surface area contributed by atoms with E-state index in [1.165, 1.54) is 0 Å². The molecule has 0 spiro atoms. The van der Waals surface area contributed by atoms with E-state index in [0.717, 1.165) is 25.3 Å². The molecule has 12 heavy (non-hydrogen) atoms. The van der Waals surface area contributed by atoms with Crippen LogP contribution >= 0.6 is 0 Å². The average molecular weight is 173 g/mol. The third-order valence-electron chi connectivity index (χ3n) is 2.26. The van der Waals surface area contributed by atoms with Gasteiger partial charge in [0.05, 0.1) is 18.8 Å². The van der Waals surface area contributed by atoms with Crippen molar-refractivity contribution in [2.75, 3.05) is 20.2 Å². The second kappa shape index (κ2) is 4.80. The monoisotopic (exact) mass is 173 g/mol. The lowest BCUT2D eigenvalue weighted by Gasteiger charge is -2.35. The second-order valence-electron chi connectivity index (χ2n) is 3.70. The molecule has 1 saturated carbocycles. The summed E-state index contributed by atoms with van der Waals surface area (Å²) in [6.07, 6.45) is 2.37. The number of hydrogen-bond acceptors (Lipinski definition) is 3. The Bertz CT molecular complexity index is 122. The summed E-state index contributed by atoms with van der Waals surface area (Å²) < 4.78 is 5.44. The Morgan fingerprint density at radius 1 is 1.58 bits per heavy atom. The third-order valence-corrected chi connectivity index (χ3v) is 2.26. The second-order valence-corrected chi connectivity index (χ2v) is 3.70. The summed E-state index contributed by atoms with van der Waals surface area (Å²) in [6.45, 7) is 3.33.